The van der Waals surface area contributed by atoms with Crippen LogP contribution in [0.3, 0.4) is 0 Å². The van der Waals surface area contributed by atoms with Crippen molar-refractivity contribution < 1.29 is 14.3 Å². The molecule has 2 aromatic carbocycles. The molecule has 0 aromatic heterocycles. The first-order chi connectivity index (χ1) is 10.2. The summed E-state index contributed by atoms with van der Waals surface area (Å²) < 4.78 is 13.2. The molecular weight excluding hydrogens is 269 g/mol. The largest absolute Gasteiger partial charge is 0.384 e. The van der Waals surface area contributed by atoms with E-state index in [1.165, 1.54) is 18.2 Å². The Hall–Kier alpha value is -2.64. The average molecular weight is 283 g/mol. The number of nitrogens with one attached hydrogen (secondary N) is 1. The third kappa shape index (κ3) is 4.16. The molecule has 0 aliphatic heterocycles. The minimum atomic E-state index is -0.475. The van der Waals surface area contributed by atoms with Gasteiger partial charge in [-0.1, -0.05) is 42.2 Å². The molecular formula is C17H14FNO2. The Morgan fingerprint density at radius 1 is 1.19 bits per heavy atom. The zero-order valence-corrected chi connectivity index (χ0v) is 11.3. The summed E-state index contributed by atoms with van der Waals surface area (Å²) in [7, 11) is 0. The fraction of sp³-hybridized carbons (Fsp3) is 0.118. The number of carbonyl (C=O) groups is 1. The monoisotopic (exact) mass is 283 g/mol. The fourth-order valence-corrected chi connectivity index (χ4v) is 1.83. The summed E-state index contributed by atoms with van der Waals surface area (Å²) in [4.78, 5) is 12.1. The summed E-state index contributed by atoms with van der Waals surface area (Å²) in [6.07, 6.45) is 0. The van der Waals surface area contributed by atoms with Crippen LogP contribution in [-0.4, -0.2) is 17.6 Å². The quantitative estimate of drug-likeness (QED) is 0.848. The van der Waals surface area contributed by atoms with Crippen molar-refractivity contribution >= 4 is 5.91 Å². The third-order valence-electron chi connectivity index (χ3n) is 2.82. The Bertz CT molecular complexity index is 687. The molecule has 0 spiro atoms. The molecule has 0 radical (unpaired) electrons. The summed E-state index contributed by atoms with van der Waals surface area (Å²) in [5.41, 5.74) is 1.51. The van der Waals surface area contributed by atoms with Gasteiger partial charge in [0.2, 0.25) is 0 Å². The van der Waals surface area contributed by atoms with Crippen LogP contribution in [-0.2, 0) is 6.54 Å². The van der Waals surface area contributed by atoms with E-state index in [2.05, 4.69) is 17.2 Å². The maximum absolute atomic E-state index is 13.2. The van der Waals surface area contributed by atoms with Crippen LogP contribution in [0.25, 0.3) is 0 Å². The highest BCUT2D eigenvalue weighted by Gasteiger charge is 2.10. The van der Waals surface area contributed by atoms with E-state index >= 15 is 0 Å². The van der Waals surface area contributed by atoms with Crippen molar-refractivity contribution in [3.63, 3.8) is 0 Å². The van der Waals surface area contributed by atoms with Crippen molar-refractivity contribution in [3.8, 4) is 11.8 Å². The lowest BCUT2D eigenvalue weighted by Crippen LogP contribution is -2.23. The minimum Gasteiger partial charge on any atom is -0.384 e. The predicted molar refractivity (Wildman–Crippen MR) is 78.0 cm³/mol. The van der Waals surface area contributed by atoms with Crippen LogP contribution in [0.15, 0.2) is 48.5 Å². The van der Waals surface area contributed by atoms with Gasteiger partial charge in [-0.2, -0.15) is 0 Å². The maximum atomic E-state index is 13.2. The summed E-state index contributed by atoms with van der Waals surface area (Å²) in [5, 5.41) is 11.5. The van der Waals surface area contributed by atoms with E-state index < -0.39 is 5.82 Å². The Labute approximate surface area is 122 Å². The van der Waals surface area contributed by atoms with Gasteiger partial charge in [0.1, 0.15) is 12.4 Å². The molecule has 0 fully saturated rings. The molecule has 0 heterocycles. The molecule has 4 heteroatoms. The first kappa shape index (κ1) is 14.8. The smallest absolute Gasteiger partial charge is 0.252 e. The maximum Gasteiger partial charge on any atom is 0.252 e. The topological polar surface area (TPSA) is 49.3 Å². The van der Waals surface area contributed by atoms with E-state index in [9.17, 15) is 9.18 Å². The van der Waals surface area contributed by atoms with E-state index in [1.54, 1.807) is 0 Å². The number of hydrogen-bond donors (Lipinski definition) is 2. The second-order valence-corrected chi connectivity index (χ2v) is 4.32. The van der Waals surface area contributed by atoms with Gasteiger partial charge >= 0.3 is 0 Å². The molecule has 0 unspecified atom stereocenters. The van der Waals surface area contributed by atoms with Gasteiger partial charge < -0.3 is 10.4 Å². The highest BCUT2D eigenvalue weighted by molar-refractivity contribution is 5.96. The van der Waals surface area contributed by atoms with E-state index in [1.807, 2.05) is 30.3 Å². The van der Waals surface area contributed by atoms with Crippen molar-refractivity contribution in [1.82, 2.24) is 5.32 Å². The summed E-state index contributed by atoms with van der Waals surface area (Å²) in [5.74, 6) is 4.19. The molecule has 2 N–H and O–H groups in total. The van der Waals surface area contributed by atoms with Crippen LogP contribution >= 0.6 is 0 Å². The van der Waals surface area contributed by atoms with Crippen LogP contribution in [0.5, 0.6) is 0 Å². The van der Waals surface area contributed by atoms with Gasteiger partial charge in [0.15, 0.2) is 0 Å². The van der Waals surface area contributed by atoms with E-state index in [0.717, 1.165) is 5.56 Å². The van der Waals surface area contributed by atoms with E-state index in [-0.39, 0.29) is 23.6 Å². The lowest BCUT2D eigenvalue weighted by atomic mass is 10.1. The lowest BCUT2D eigenvalue weighted by Gasteiger charge is -2.07. The molecule has 0 bridgehead atoms. The summed E-state index contributed by atoms with van der Waals surface area (Å²) in [6, 6.07) is 13.2. The first-order valence-corrected chi connectivity index (χ1v) is 6.42. The van der Waals surface area contributed by atoms with Crippen LogP contribution < -0.4 is 5.32 Å². The molecule has 2 rings (SSSR count). The molecule has 2 aromatic rings. The molecule has 0 aliphatic carbocycles. The molecule has 0 saturated heterocycles. The number of rotatable bonds is 3. The molecule has 3 nitrogen and oxygen atoms in total. The normalized spacial score (nSPS) is 9.62. The van der Waals surface area contributed by atoms with Gasteiger partial charge in [0, 0.05) is 12.1 Å². The number of benzene rings is 2. The van der Waals surface area contributed by atoms with Gasteiger partial charge in [-0.3, -0.25) is 4.79 Å². The van der Waals surface area contributed by atoms with Gasteiger partial charge in [-0.15, -0.1) is 0 Å². The Balaban J connectivity index is 2.15. The van der Waals surface area contributed by atoms with Gasteiger partial charge in [0.25, 0.3) is 5.91 Å². The zero-order chi connectivity index (χ0) is 15.1. The van der Waals surface area contributed by atoms with Crippen molar-refractivity contribution in [1.29, 1.82) is 0 Å². The molecule has 0 aliphatic rings. The molecule has 21 heavy (non-hydrogen) atoms. The lowest BCUT2D eigenvalue weighted by molar-refractivity contribution is 0.0950. The number of carbonyl (C=O) groups excluding carboxylic acids is 1. The molecule has 0 saturated carbocycles. The standard InChI is InChI=1S/C17H14FNO2/c18-15-8-9-16(14(11-15)7-4-10-20)17(21)19-12-13-5-2-1-3-6-13/h1-3,5-6,8-9,11,20H,10,12H2,(H,19,21). The van der Waals surface area contributed by atoms with Crippen LogP contribution in [0.4, 0.5) is 4.39 Å². The summed E-state index contributed by atoms with van der Waals surface area (Å²) in [6.45, 7) is 0.0332. The van der Waals surface area contributed by atoms with Gasteiger partial charge in [0.05, 0.1) is 5.56 Å². The summed E-state index contributed by atoms with van der Waals surface area (Å²) >= 11 is 0. The second-order valence-electron chi connectivity index (χ2n) is 4.32. The zero-order valence-electron chi connectivity index (χ0n) is 11.3. The highest BCUT2D eigenvalue weighted by Crippen LogP contribution is 2.11. The van der Waals surface area contributed by atoms with Crippen molar-refractivity contribution in [3.05, 3.63) is 71.0 Å². The van der Waals surface area contributed by atoms with E-state index in [4.69, 9.17) is 5.11 Å². The number of hydrogen-bond acceptors (Lipinski definition) is 2. The van der Waals surface area contributed by atoms with Crippen LogP contribution in [0, 0.1) is 17.7 Å². The Kier molecular flexibility index (Phi) is 5.08. The van der Waals surface area contributed by atoms with Gasteiger partial charge in [-0.05, 0) is 23.8 Å². The second kappa shape index (κ2) is 7.22. The van der Waals surface area contributed by atoms with Crippen molar-refractivity contribution in [2.24, 2.45) is 0 Å². The van der Waals surface area contributed by atoms with Crippen LogP contribution in [0.2, 0.25) is 0 Å². The molecule has 1 amide bonds. The number of halogens is 1. The average Bonchev–Trinajstić information content (AvgIpc) is 2.51. The minimum absolute atomic E-state index is 0.259. The fourth-order valence-electron chi connectivity index (χ4n) is 1.83. The number of aliphatic hydroxyl groups excluding tert-OH is 1. The third-order valence-corrected chi connectivity index (χ3v) is 2.82. The van der Waals surface area contributed by atoms with Crippen molar-refractivity contribution in [2.75, 3.05) is 6.61 Å². The molecule has 0 atom stereocenters. The SMILES string of the molecule is O=C(NCc1ccccc1)c1ccc(F)cc1C#CCO. The van der Waals surface area contributed by atoms with Gasteiger partial charge in [-0.25, -0.2) is 4.39 Å². The predicted octanol–water partition coefficient (Wildman–Crippen LogP) is 2.10. The molecule has 106 valence electrons. The Morgan fingerprint density at radius 3 is 2.67 bits per heavy atom. The van der Waals surface area contributed by atoms with Crippen LogP contribution in [0.1, 0.15) is 21.5 Å². The number of aliphatic hydroxyl groups is 1. The number of amides is 1. The van der Waals surface area contributed by atoms with Crippen molar-refractivity contribution in [2.45, 2.75) is 6.54 Å². The Morgan fingerprint density at radius 2 is 1.95 bits per heavy atom. The highest BCUT2D eigenvalue weighted by atomic mass is 19.1. The van der Waals surface area contributed by atoms with E-state index in [0.29, 0.717) is 6.54 Å². The first-order valence-electron chi connectivity index (χ1n) is 6.42.